The summed E-state index contributed by atoms with van der Waals surface area (Å²) in [6.45, 7) is 6.67. The molecule has 27 heavy (non-hydrogen) atoms. The highest BCUT2D eigenvalue weighted by molar-refractivity contribution is 5.87. The highest BCUT2D eigenvalue weighted by Gasteiger charge is 2.30. The molecule has 7 heteroatoms. The van der Waals surface area contributed by atoms with Crippen molar-refractivity contribution in [3.8, 4) is 0 Å². The lowest BCUT2D eigenvalue weighted by atomic mass is 10.0. The zero-order chi connectivity index (χ0) is 19.2. The number of rotatable bonds is 5. The first-order valence-corrected chi connectivity index (χ1v) is 10.1. The second-order valence-corrected chi connectivity index (χ2v) is 7.82. The van der Waals surface area contributed by atoms with Crippen LogP contribution in [0.25, 0.3) is 0 Å². The molecular weight excluding hydrogens is 342 g/mol. The van der Waals surface area contributed by atoms with E-state index in [9.17, 15) is 9.59 Å². The maximum Gasteiger partial charge on any atom is 0.318 e. The van der Waals surface area contributed by atoms with Crippen molar-refractivity contribution in [2.45, 2.75) is 51.6 Å². The molecule has 1 atom stereocenters. The lowest BCUT2D eigenvalue weighted by molar-refractivity contribution is -0.124. The number of carbonyl (C=O) groups is 2. The Kier molecular flexibility index (Phi) is 6.53. The van der Waals surface area contributed by atoms with Crippen LogP contribution in [0.2, 0.25) is 0 Å². The van der Waals surface area contributed by atoms with Gasteiger partial charge in [0.15, 0.2) is 0 Å². The second kappa shape index (κ2) is 9.06. The summed E-state index contributed by atoms with van der Waals surface area (Å²) in [5.41, 5.74) is 0. The van der Waals surface area contributed by atoms with Gasteiger partial charge in [-0.1, -0.05) is 32.8 Å². The van der Waals surface area contributed by atoms with Crippen molar-refractivity contribution in [3.05, 3.63) is 24.4 Å². The monoisotopic (exact) mass is 373 g/mol. The van der Waals surface area contributed by atoms with Crippen LogP contribution >= 0.6 is 0 Å². The molecule has 7 nitrogen and oxygen atoms in total. The van der Waals surface area contributed by atoms with Crippen molar-refractivity contribution in [3.63, 3.8) is 0 Å². The van der Waals surface area contributed by atoms with E-state index in [1.165, 1.54) is 12.8 Å². The number of pyridine rings is 1. The molecule has 0 bridgehead atoms. The van der Waals surface area contributed by atoms with E-state index >= 15 is 0 Å². The van der Waals surface area contributed by atoms with E-state index in [1.807, 2.05) is 32.0 Å². The van der Waals surface area contributed by atoms with Gasteiger partial charge in [0.25, 0.3) is 0 Å². The van der Waals surface area contributed by atoms with E-state index in [4.69, 9.17) is 0 Å². The largest absolute Gasteiger partial charge is 0.353 e. The minimum absolute atomic E-state index is 0.0464. The quantitative estimate of drug-likeness (QED) is 0.828. The zero-order valence-electron chi connectivity index (χ0n) is 16.4. The third kappa shape index (κ3) is 5.11. The Hall–Kier alpha value is -2.31. The lowest BCUT2D eigenvalue weighted by Gasteiger charge is -2.36. The summed E-state index contributed by atoms with van der Waals surface area (Å²) in [6, 6.07) is 5.46. The van der Waals surface area contributed by atoms with Crippen LogP contribution in [-0.2, 0) is 4.79 Å². The lowest BCUT2D eigenvalue weighted by Crippen LogP contribution is -2.58. The van der Waals surface area contributed by atoms with Gasteiger partial charge in [0.05, 0.1) is 0 Å². The van der Waals surface area contributed by atoms with Crippen LogP contribution in [0.5, 0.6) is 0 Å². The normalized spacial score (nSPS) is 19.2. The van der Waals surface area contributed by atoms with Crippen LogP contribution in [0.4, 0.5) is 10.6 Å². The molecule has 0 radical (unpaired) electrons. The second-order valence-electron chi connectivity index (χ2n) is 7.82. The maximum absolute atomic E-state index is 12.7. The topological polar surface area (TPSA) is 77.6 Å². The predicted octanol–water partition coefficient (Wildman–Crippen LogP) is 2.00. The number of hydrogen-bond donors (Lipinski definition) is 2. The number of nitrogens with one attached hydrogen (secondary N) is 2. The summed E-state index contributed by atoms with van der Waals surface area (Å²) >= 11 is 0. The van der Waals surface area contributed by atoms with Crippen molar-refractivity contribution in [2.24, 2.45) is 5.92 Å². The van der Waals surface area contributed by atoms with E-state index in [1.54, 1.807) is 11.1 Å². The van der Waals surface area contributed by atoms with Crippen molar-refractivity contribution in [1.82, 2.24) is 20.5 Å². The summed E-state index contributed by atoms with van der Waals surface area (Å²) in [5.74, 6) is 0.927. The van der Waals surface area contributed by atoms with E-state index < -0.39 is 6.04 Å². The van der Waals surface area contributed by atoms with E-state index in [0.29, 0.717) is 13.1 Å². The fraction of sp³-hybridized carbons (Fsp3) is 0.650. The van der Waals surface area contributed by atoms with Crippen LogP contribution in [0, 0.1) is 5.92 Å². The number of aromatic nitrogens is 1. The van der Waals surface area contributed by atoms with E-state index in [-0.39, 0.29) is 23.9 Å². The number of amides is 3. The highest BCUT2D eigenvalue weighted by Crippen LogP contribution is 2.18. The molecule has 1 aliphatic carbocycles. The van der Waals surface area contributed by atoms with Gasteiger partial charge in [-0.25, -0.2) is 9.78 Å². The van der Waals surface area contributed by atoms with Gasteiger partial charge in [-0.3, -0.25) is 4.79 Å². The third-order valence-corrected chi connectivity index (χ3v) is 5.47. The molecule has 148 valence electrons. The van der Waals surface area contributed by atoms with Crippen LogP contribution in [-0.4, -0.2) is 60.1 Å². The van der Waals surface area contributed by atoms with Gasteiger partial charge in [-0.15, -0.1) is 0 Å². The summed E-state index contributed by atoms with van der Waals surface area (Å²) in [5, 5.41) is 6.06. The third-order valence-electron chi connectivity index (χ3n) is 5.47. The SMILES string of the molecule is CC(C)C(NC(=O)N1CCN(c2ccccn2)CC1)C(=O)NC1CCCC1. The molecule has 1 saturated heterocycles. The smallest absolute Gasteiger partial charge is 0.318 e. The molecule has 0 spiro atoms. The predicted molar refractivity (Wildman–Crippen MR) is 106 cm³/mol. The number of urea groups is 1. The van der Waals surface area contributed by atoms with E-state index in [2.05, 4.69) is 20.5 Å². The fourth-order valence-corrected chi connectivity index (χ4v) is 3.80. The Morgan fingerprint density at radius 1 is 1.11 bits per heavy atom. The summed E-state index contributed by atoms with van der Waals surface area (Å²) in [4.78, 5) is 33.7. The van der Waals surface area contributed by atoms with Crippen LogP contribution < -0.4 is 15.5 Å². The Bertz CT molecular complexity index is 623. The Labute approximate surface area is 161 Å². The first-order valence-electron chi connectivity index (χ1n) is 10.1. The molecular formula is C20H31N5O2. The standard InChI is InChI=1S/C20H31N5O2/c1-15(2)18(19(26)22-16-7-3-4-8-16)23-20(27)25-13-11-24(12-14-25)17-9-5-6-10-21-17/h5-6,9-10,15-16,18H,3-4,7-8,11-14H2,1-2H3,(H,22,26)(H,23,27). The number of anilines is 1. The summed E-state index contributed by atoms with van der Waals surface area (Å²) in [6.07, 6.45) is 6.21. The Morgan fingerprint density at radius 2 is 1.81 bits per heavy atom. The molecule has 1 aliphatic heterocycles. The molecule has 2 fully saturated rings. The first-order chi connectivity index (χ1) is 13.0. The molecule has 1 aromatic rings. The van der Waals surface area contributed by atoms with Crippen LogP contribution in [0.15, 0.2) is 24.4 Å². The molecule has 0 aromatic carbocycles. The molecule has 2 aliphatic rings. The van der Waals surface area contributed by atoms with Crippen molar-refractivity contribution in [1.29, 1.82) is 0 Å². The molecule has 3 rings (SSSR count). The van der Waals surface area contributed by atoms with Crippen LogP contribution in [0.1, 0.15) is 39.5 Å². The van der Waals surface area contributed by atoms with Crippen molar-refractivity contribution >= 4 is 17.8 Å². The molecule has 1 unspecified atom stereocenters. The molecule has 3 amide bonds. The number of hydrogen-bond acceptors (Lipinski definition) is 4. The minimum Gasteiger partial charge on any atom is -0.353 e. The minimum atomic E-state index is -0.494. The highest BCUT2D eigenvalue weighted by atomic mass is 16.2. The van der Waals surface area contributed by atoms with Gasteiger partial charge in [0.2, 0.25) is 5.91 Å². The first kappa shape index (κ1) is 19.5. The van der Waals surface area contributed by atoms with Gasteiger partial charge in [0, 0.05) is 38.4 Å². The zero-order valence-corrected chi connectivity index (χ0v) is 16.4. The van der Waals surface area contributed by atoms with Crippen molar-refractivity contribution < 1.29 is 9.59 Å². The van der Waals surface area contributed by atoms with Crippen molar-refractivity contribution in [2.75, 3.05) is 31.1 Å². The Balaban J connectivity index is 1.51. The number of piperazine rings is 1. The van der Waals surface area contributed by atoms with Crippen LogP contribution in [0.3, 0.4) is 0 Å². The summed E-state index contributed by atoms with van der Waals surface area (Å²) in [7, 11) is 0. The molecule has 1 saturated carbocycles. The van der Waals surface area contributed by atoms with Gasteiger partial charge in [-0.05, 0) is 30.9 Å². The average Bonchev–Trinajstić information content (AvgIpc) is 3.19. The number of nitrogens with zero attached hydrogens (tertiary/aromatic N) is 3. The van der Waals surface area contributed by atoms with Gasteiger partial charge >= 0.3 is 6.03 Å². The van der Waals surface area contributed by atoms with Gasteiger partial charge in [-0.2, -0.15) is 0 Å². The molecule has 1 aromatic heterocycles. The Morgan fingerprint density at radius 3 is 2.41 bits per heavy atom. The maximum atomic E-state index is 12.7. The molecule has 2 heterocycles. The fourth-order valence-electron chi connectivity index (χ4n) is 3.80. The molecule has 2 N–H and O–H groups in total. The van der Waals surface area contributed by atoms with Gasteiger partial charge < -0.3 is 20.4 Å². The average molecular weight is 374 g/mol. The van der Waals surface area contributed by atoms with E-state index in [0.717, 1.165) is 31.7 Å². The number of carbonyl (C=O) groups excluding carboxylic acids is 2. The van der Waals surface area contributed by atoms with Gasteiger partial charge in [0.1, 0.15) is 11.9 Å². The summed E-state index contributed by atoms with van der Waals surface area (Å²) < 4.78 is 0.